The second-order valence-electron chi connectivity index (χ2n) is 9.92. The Balaban J connectivity index is 0.00000241. The minimum Gasteiger partial charge on any atom is -0.354 e. The molecule has 0 heterocycles. The highest BCUT2D eigenvalue weighted by Gasteiger charge is 2.34. The molecule has 3 nitrogen and oxygen atoms in total. The molecular weight excluding hydrogens is 452 g/mol. The molecule has 0 aliphatic heterocycles. The van der Waals surface area contributed by atoms with Crippen LogP contribution in [0.5, 0.6) is 0 Å². The Bertz CT molecular complexity index is 897. The van der Waals surface area contributed by atoms with Crippen LogP contribution in [0.25, 0.3) is 0 Å². The van der Waals surface area contributed by atoms with Gasteiger partial charge in [0.1, 0.15) is 0 Å². The number of amides is 1. The van der Waals surface area contributed by atoms with Gasteiger partial charge in [-0.05, 0) is 57.1 Å². The van der Waals surface area contributed by atoms with Crippen LogP contribution in [0.4, 0.5) is 0 Å². The Morgan fingerprint density at radius 2 is 1.76 bits per heavy atom. The Hall–Kier alpha value is -2.83. The first-order valence-electron chi connectivity index (χ1n) is 13.9. The Kier molecular flexibility index (Phi) is 18.7. The second-order valence-corrected chi connectivity index (χ2v) is 9.92. The van der Waals surface area contributed by atoms with Crippen molar-refractivity contribution in [3.63, 3.8) is 0 Å². The van der Waals surface area contributed by atoms with Crippen LogP contribution in [0.15, 0.2) is 72.4 Å². The summed E-state index contributed by atoms with van der Waals surface area (Å²) in [6, 6.07) is 7.90. The zero-order valence-corrected chi connectivity index (χ0v) is 24.2. The van der Waals surface area contributed by atoms with Gasteiger partial charge in [-0.1, -0.05) is 119 Å². The molecule has 204 valence electrons. The lowest BCUT2D eigenvalue weighted by molar-refractivity contribution is -0.122. The summed E-state index contributed by atoms with van der Waals surface area (Å²) in [6.07, 6.45) is 27.7. The number of carbonyl (C=O) groups excluding carboxylic acids is 1. The number of carbonyl (C=O) groups is 1. The molecule has 1 saturated carbocycles. The highest BCUT2D eigenvalue weighted by molar-refractivity contribution is 5.81. The maximum absolute atomic E-state index is 13.0. The van der Waals surface area contributed by atoms with Crippen molar-refractivity contribution in [2.75, 3.05) is 6.54 Å². The van der Waals surface area contributed by atoms with Crippen molar-refractivity contribution in [2.45, 2.75) is 98.4 Å². The third-order valence-corrected chi connectivity index (χ3v) is 6.83. The van der Waals surface area contributed by atoms with Gasteiger partial charge in [-0.25, -0.2) is 0 Å². The first-order valence-corrected chi connectivity index (χ1v) is 13.9. The average molecular weight is 505 g/mol. The summed E-state index contributed by atoms with van der Waals surface area (Å²) >= 11 is 0. The molecule has 3 N–H and O–H groups in total. The molecule has 2 rings (SSSR count). The molecule has 1 aliphatic carbocycles. The fraction of sp³-hybridized carbons (Fsp3) is 0.500. The van der Waals surface area contributed by atoms with Gasteiger partial charge in [0, 0.05) is 12.0 Å². The third kappa shape index (κ3) is 12.8. The number of terminal acetylenes is 1. The molecule has 1 aromatic carbocycles. The maximum Gasteiger partial charge on any atom is 0.237 e. The van der Waals surface area contributed by atoms with E-state index >= 15 is 0 Å². The fourth-order valence-electron chi connectivity index (χ4n) is 4.73. The molecule has 1 aliphatic rings. The zero-order chi connectivity index (χ0) is 28.1. The minimum absolute atomic E-state index is 0.0301. The molecule has 1 aromatic rings. The normalized spacial score (nSPS) is 16.0. The summed E-state index contributed by atoms with van der Waals surface area (Å²) in [4.78, 5) is 13.0. The number of hydrogen-bond donors (Lipinski definition) is 2. The predicted octanol–water partition coefficient (Wildman–Crippen LogP) is 8.01. The maximum atomic E-state index is 13.0. The number of aryl methyl sites for hydroxylation is 1. The van der Waals surface area contributed by atoms with Gasteiger partial charge in [-0.3, -0.25) is 4.79 Å². The lowest BCUT2D eigenvalue weighted by atomic mass is 9.69. The lowest BCUT2D eigenvalue weighted by Gasteiger charge is -2.39. The molecule has 1 fully saturated rings. The average Bonchev–Trinajstić information content (AvgIpc) is 2.91. The van der Waals surface area contributed by atoms with Gasteiger partial charge in [-0.2, -0.15) is 0 Å². The highest BCUT2D eigenvalue weighted by atomic mass is 16.2. The largest absolute Gasteiger partial charge is 0.354 e. The fourth-order valence-corrected chi connectivity index (χ4v) is 4.73. The first-order chi connectivity index (χ1) is 17.8. The van der Waals surface area contributed by atoms with E-state index in [9.17, 15) is 4.79 Å². The molecule has 1 atom stereocenters. The van der Waals surface area contributed by atoms with E-state index in [-0.39, 0.29) is 11.3 Å². The quantitative estimate of drug-likeness (QED) is 0.182. The molecule has 0 aromatic heterocycles. The van der Waals surface area contributed by atoms with Crippen LogP contribution >= 0.6 is 0 Å². The molecule has 1 amide bonds. The van der Waals surface area contributed by atoms with Crippen LogP contribution in [0.2, 0.25) is 0 Å². The van der Waals surface area contributed by atoms with Crippen molar-refractivity contribution >= 4 is 5.91 Å². The zero-order valence-electron chi connectivity index (χ0n) is 24.2. The minimum atomic E-state index is -0.526. The van der Waals surface area contributed by atoms with Gasteiger partial charge in [0.2, 0.25) is 5.91 Å². The topological polar surface area (TPSA) is 55.1 Å². The van der Waals surface area contributed by atoms with E-state index in [4.69, 9.17) is 5.73 Å². The number of allylic oxidation sites excluding steroid dienone is 5. The van der Waals surface area contributed by atoms with Crippen molar-refractivity contribution in [3.8, 4) is 12.8 Å². The molecule has 1 unspecified atom stereocenters. The van der Waals surface area contributed by atoms with Crippen molar-refractivity contribution < 1.29 is 4.79 Å². The number of nitrogens with one attached hydrogen (secondary N) is 1. The van der Waals surface area contributed by atoms with E-state index in [0.29, 0.717) is 13.0 Å². The summed E-state index contributed by atoms with van der Waals surface area (Å²) in [5.74, 6) is -0.0452. The van der Waals surface area contributed by atoms with E-state index in [1.165, 1.54) is 48.0 Å². The predicted molar refractivity (Wildman–Crippen MR) is 163 cm³/mol. The van der Waals surface area contributed by atoms with Gasteiger partial charge in [0.25, 0.3) is 0 Å². The monoisotopic (exact) mass is 504 g/mol. The number of rotatable bonds is 11. The van der Waals surface area contributed by atoms with Crippen LogP contribution in [0, 0.1) is 25.2 Å². The first kappa shape index (κ1) is 34.2. The van der Waals surface area contributed by atoms with E-state index in [0.717, 1.165) is 25.7 Å². The molecule has 0 saturated heterocycles. The van der Waals surface area contributed by atoms with Gasteiger partial charge < -0.3 is 11.1 Å². The molecule has 37 heavy (non-hydrogen) atoms. The van der Waals surface area contributed by atoms with Crippen LogP contribution in [-0.4, -0.2) is 18.5 Å². The third-order valence-electron chi connectivity index (χ3n) is 6.83. The van der Waals surface area contributed by atoms with Gasteiger partial charge >= 0.3 is 0 Å². The molecule has 3 heteroatoms. The number of benzene rings is 1. The highest BCUT2D eigenvalue weighted by Crippen LogP contribution is 2.42. The van der Waals surface area contributed by atoms with Crippen molar-refractivity contribution in [2.24, 2.45) is 11.1 Å². The molecule has 0 spiro atoms. The lowest BCUT2D eigenvalue weighted by Crippen LogP contribution is -2.46. The Morgan fingerprint density at radius 1 is 1.14 bits per heavy atom. The van der Waals surface area contributed by atoms with Crippen molar-refractivity contribution in [3.05, 3.63) is 83.5 Å². The van der Waals surface area contributed by atoms with E-state index in [1.807, 2.05) is 12.2 Å². The van der Waals surface area contributed by atoms with E-state index in [2.05, 4.69) is 95.8 Å². The van der Waals surface area contributed by atoms with Crippen molar-refractivity contribution in [1.82, 2.24) is 5.32 Å². The second kappa shape index (κ2) is 20.3. The molecule has 0 radical (unpaired) electrons. The van der Waals surface area contributed by atoms with Crippen LogP contribution in [-0.2, 0) is 11.2 Å². The van der Waals surface area contributed by atoms with Crippen molar-refractivity contribution in [1.29, 1.82) is 0 Å². The summed E-state index contributed by atoms with van der Waals surface area (Å²) in [7, 11) is 0. The Morgan fingerprint density at radius 3 is 2.32 bits per heavy atom. The summed E-state index contributed by atoms with van der Waals surface area (Å²) < 4.78 is 0. The summed E-state index contributed by atoms with van der Waals surface area (Å²) in [5, 5.41) is 3.21. The van der Waals surface area contributed by atoms with Crippen LogP contribution in [0.3, 0.4) is 0 Å². The SMILES string of the molecule is C#C.C=C/C=C\C=C(/C)C1(CNC(=O)C(N)C/C(=C/CC)Cc2ccccc2C)CCCCC1.CCC. The van der Waals surface area contributed by atoms with Gasteiger partial charge in [0.15, 0.2) is 0 Å². The number of hydrogen-bond acceptors (Lipinski definition) is 2. The molecular formula is C34H52N2O. The standard InChI is InChI=1S/C29H42N2O.C3H8.C2H2/c1-5-7-9-16-24(4)29(18-12-8-13-19-29)22-31-28(32)27(30)21-25(14-6-2)20-26-17-11-10-15-23(26)3;1-3-2;1-2/h5,7,9-11,14-17,27H,1,6,8,12-13,18-22,30H2,2-4H3,(H,31,32);3H2,1-2H3;1-2H/b9-7-,24-16+,25-14+;;. The summed E-state index contributed by atoms with van der Waals surface area (Å²) in [6.45, 7) is 15.1. The summed E-state index contributed by atoms with van der Waals surface area (Å²) in [5.41, 5.74) is 11.6. The smallest absolute Gasteiger partial charge is 0.237 e. The Labute approximate surface area is 228 Å². The van der Waals surface area contributed by atoms with Crippen LogP contribution in [0.1, 0.15) is 90.2 Å². The van der Waals surface area contributed by atoms with Gasteiger partial charge in [-0.15, -0.1) is 12.8 Å². The van der Waals surface area contributed by atoms with Crippen LogP contribution < -0.4 is 11.1 Å². The molecule has 0 bridgehead atoms. The van der Waals surface area contributed by atoms with Gasteiger partial charge in [0.05, 0.1) is 6.04 Å². The van der Waals surface area contributed by atoms with E-state index in [1.54, 1.807) is 6.08 Å². The van der Waals surface area contributed by atoms with E-state index < -0.39 is 6.04 Å². The number of nitrogens with two attached hydrogens (primary N) is 1.